The number of halogens is 1. The minimum Gasteiger partial charge on any atom is -0.399 e. The summed E-state index contributed by atoms with van der Waals surface area (Å²) in [6, 6.07) is 7.12. The lowest BCUT2D eigenvalue weighted by molar-refractivity contribution is 0.619. The van der Waals surface area contributed by atoms with E-state index in [2.05, 4.69) is 27.2 Å². The van der Waals surface area contributed by atoms with Gasteiger partial charge in [0.05, 0.1) is 6.20 Å². The van der Waals surface area contributed by atoms with E-state index >= 15 is 0 Å². The number of nitrogens with two attached hydrogens (primary N) is 1. The molecule has 0 fully saturated rings. The number of rotatable bonds is 5. The Kier molecular flexibility index (Phi) is 4.50. The number of nitrogen functional groups attached to an aromatic ring is 1. The van der Waals surface area contributed by atoms with Crippen LogP contribution in [0.4, 0.5) is 27.5 Å². The van der Waals surface area contributed by atoms with Gasteiger partial charge in [-0.2, -0.15) is 4.98 Å². The lowest BCUT2D eigenvalue weighted by atomic mass is 10.3. The van der Waals surface area contributed by atoms with Crippen LogP contribution in [-0.2, 0) is 0 Å². The molecule has 0 aliphatic heterocycles. The summed E-state index contributed by atoms with van der Waals surface area (Å²) in [5.41, 5.74) is 7.56. The van der Waals surface area contributed by atoms with Crippen molar-refractivity contribution in [3.63, 3.8) is 0 Å². The molecule has 0 bridgehead atoms. The van der Waals surface area contributed by atoms with Crippen LogP contribution in [0.25, 0.3) is 0 Å². The molecular formula is C15H16FN5. The average Bonchev–Trinajstić information content (AvgIpc) is 2.43. The molecule has 0 amide bonds. The van der Waals surface area contributed by atoms with Gasteiger partial charge in [0.15, 0.2) is 11.6 Å². The van der Waals surface area contributed by atoms with Gasteiger partial charge >= 0.3 is 0 Å². The van der Waals surface area contributed by atoms with Crippen molar-refractivity contribution < 1.29 is 4.39 Å². The second-order valence-corrected chi connectivity index (χ2v) is 4.29. The van der Waals surface area contributed by atoms with E-state index in [9.17, 15) is 4.39 Å². The van der Waals surface area contributed by atoms with Crippen molar-refractivity contribution in [2.24, 2.45) is 0 Å². The third kappa shape index (κ3) is 4.04. The topological polar surface area (TPSA) is 75.9 Å². The van der Waals surface area contributed by atoms with Gasteiger partial charge in [-0.1, -0.05) is 18.7 Å². The molecule has 2 aromatic rings. The van der Waals surface area contributed by atoms with Crippen LogP contribution in [0.15, 0.2) is 54.9 Å². The first kappa shape index (κ1) is 14.5. The Bertz CT molecular complexity index is 682. The molecule has 6 heteroatoms. The Morgan fingerprint density at radius 3 is 2.95 bits per heavy atom. The molecule has 1 heterocycles. The molecular weight excluding hydrogens is 269 g/mol. The number of nitrogens with zero attached hydrogens (tertiary/aromatic N) is 2. The van der Waals surface area contributed by atoms with Gasteiger partial charge in [0.1, 0.15) is 0 Å². The Balaban J connectivity index is 2.20. The Hall–Kier alpha value is -2.89. The summed E-state index contributed by atoms with van der Waals surface area (Å²) < 4.78 is 13.7. The highest BCUT2D eigenvalue weighted by atomic mass is 19.1. The third-order valence-corrected chi connectivity index (χ3v) is 2.53. The van der Waals surface area contributed by atoms with Crippen LogP contribution in [0.2, 0.25) is 0 Å². The number of benzene rings is 1. The highest BCUT2D eigenvalue weighted by molar-refractivity contribution is 5.60. The van der Waals surface area contributed by atoms with E-state index in [0.717, 1.165) is 11.9 Å². The summed E-state index contributed by atoms with van der Waals surface area (Å²) in [4.78, 5) is 7.97. The first-order valence-electron chi connectivity index (χ1n) is 6.32. The monoisotopic (exact) mass is 285 g/mol. The highest BCUT2D eigenvalue weighted by Crippen LogP contribution is 2.19. The Morgan fingerprint density at radius 2 is 2.24 bits per heavy atom. The van der Waals surface area contributed by atoms with Crippen molar-refractivity contribution in [2.75, 3.05) is 16.4 Å². The van der Waals surface area contributed by atoms with Gasteiger partial charge < -0.3 is 16.4 Å². The molecule has 2 rings (SSSR count). The smallest absolute Gasteiger partial charge is 0.229 e. The van der Waals surface area contributed by atoms with Crippen molar-refractivity contribution in [2.45, 2.75) is 6.92 Å². The fourth-order valence-corrected chi connectivity index (χ4v) is 1.66. The first-order chi connectivity index (χ1) is 10.1. The average molecular weight is 285 g/mol. The van der Waals surface area contributed by atoms with Gasteiger partial charge in [-0.25, -0.2) is 9.37 Å². The number of allylic oxidation sites excluding steroid dienone is 2. The summed E-state index contributed by atoms with van der Waals surface area (Å²) >= 11 is 0. The summed E-state index contributed by atoms with van der Waals surface area (Å²) in [5.74, 6) is -0.240. The van der Waals surface area contributed by atoms with Gasteiger partial charge in [-0.3, -0.25) is 0 Å². The van der Waals surface area contributed by atoms with Gasteiger partial charge in [-0.15, -0.1) is 0 Å². The SMILES string of the molecule is C=C(/C=C/C)Nc1nc(Nc2cccc(N)c2)ncc1F. The van der Waals surface area contributed by atoms with E-state index in [1.54, 1.807) is 30.4 Å². The molecule has 108 valence electrons. The predicted molar refractivity (Wildman–Crippen MR) is 83.7 cm³/mol. The number of nitrogens with one attached hydrogen (secondary N) is 2. The molecule has 0 saturated carbocycles. The lowest BCUT2D eigenvalue weighted by Crippen LogP contribution is -2.05. The minimum absolute atomic E-state index is 0.0551. The van der Waals surface area contributed by atoms with Crippen LogP contribution >= 0.6 is 0 Å². The molecule has 1 aromatic heterocycles. The van der Waals surface area contributed by atoms with Crippen molar-refractivity contribution in [3.8, 4) is 0 Å². The van der Waals surface area contributed by atoms with Gasteiger partial charge in [0.25, 0.3) is 0 Å². The number of anilines is 4. The zero-order valence-electron chi connectivity index (χ0n) is 11.6. The fourth-order valence-electron chi connectivity index (χ4n) is 1.66. The largest absolute Gasteiger partial charge is 0.399 e. The van der Waals surface area contributed by atoms with Gasteiger partial charge in [0, 0.05) is 17.1 Å². The summed E-state index contributed by atoms with van der Waals surface area (Å²) in [6.07, 6.45) is 4.60. The van der Waals surface area contributed by atoms with E-state index in [1.165, 1.54) is 0 Å². The molecule has 0 radical (unpaired) electrons. The normalized spacial score (nSPS) is 10.6. The van der Waals surface area contributed by atoms with E-state index < -0.39 is 5.82 Å². The van der Waals surface area contributed by atoms with Crippen LogP contribution in [-0.4, -0.2) is 9.97 Å². The van der Waals surface area contributed by atoms with Crippen LogP contribution in [0, 0.1) is 5.82 Å². The molecule has 0 spiro atoms. The van der Waals surface area contributed by atoms with Crippen LogP contribution in [0.3, 0.4) is 0 Å². The van der Waals surface area contributed by atoms with Crippen LogP contribution in [0.5, 0.6) is 0 Å². The predicted octanol–water partition coefficient (Wildman–Crippen LogP) is 3.44. The number of hydrogen-bond donors (Lipinski definition) is 3. The highest BCUT2D eigenvalue weighted by Gasteiger charge is 2.07. The molecule has 21 heavy (non-hydrogen) atoms. The molecule has 5 nitrogen and oxygen atoms in total. The van der Waals surface area contributed by atoms with Gasteiger partial charge in [0.2, 0.25) is 5.95 Å². The maximum Gasteiger partial charge on any atom is 0.229 e. The van der Waals surface area contributed by atoms with E-state index in [1.807, 2.05) is 13.0 Å². The Morgan fingerprint density at radius 1 is 1.43 bits per heavy atom. The second kappa shape index (κ2) is 6.51. The maximum absolute atomic E-state index is 13.7. The summed E-state index contributed by atoms with van der Waals surface area (Å²) in [7, 11) is 0. The Labute approximate surface area is 122 Å². The van der Waals surface area contributed by atoms with Crippen LogP contribution < -0.4 is 16.4 Å². The molecule has 0 atom stereocenters. The van der Waals surface area contributed by atoms with E-state index in [4.69, 9.17) is 5.73 Å². The van der Waals surface area contributed by atoms with Crippen molar-refractivity contribution in [1.82, 2.24) is 9.97 Å². The van der Waals surface area contributed by atoms with Crippen molar-refractivity contribution in [1.29, 1.82) is 0 Å². The molecule has 0 saturated heterocycles. The fraction of sp³-hybridized carbons (Fsp3) is 0.0667. The number of aromatic nitrogens is 2. The molecule has 0 unspecified atom stereocenters. The maximum atomic E-state index is 13.7. The van der Waals surface area contributed by atoms with Gasteiger partial charge in [-0.05, 0) is 31.2 Å². The molecule has 1 aromatic carbocycles. The molecule has 0 aliphatic rings. The van der Waals surface area contributed by atoms with Crippen molar-refractivity contribution in [3.05, 3.63) is 60.7 Å². The minimum atomic E-state index is -0.557. The zero-order chi connectivity index (χ0) is 15.2. The van der Waals surface area contributed by atoms with E-state index in [-0.39, 0.29) is 11.8 Å². The lowest BCUT2D eigenvalue weighted by Gasteiger charge is -2.09. The summed E-state index contributed by atoms with van der Waals surface area (Å²) in [6.45, 7) is 5.59. The molecule has 4 N–H and O–H groups in total. The second-order valence-electron chi connectivity index (χ2n) is 4.29. The quantitative estimate of drug-likeness (QED) is 0.579. The number of hydrogen-bond acceptors (Lipinski definition) is 5. The summed E-state index contributed by atoms with van der Waals surface area (Å²) in [5, 5.41) is 5.74. The zero-order valence-corrected chi connectivity index (χ0v) is 11.6. The van der Waals surface area contributed by atoms with E-state index in [0.29, 0.717) is 11.4 Å². The van der Waals surface area contributed by atoms with Crippen molar-refractivity contribution >= 4 is 23.1 Å². The standard InChI is InChI=1S/C15H16FN5/c1-3-5-10(2)19-14-13(16)9-18-15(21-14)20-12-7-4-6-11(17)8-12/h3-9H,2,17H2,1H3,(H2,18,19,20,21)/b5-3+. The molecule has 0 aliphatic carbocycles. The van der Waals surface area contributed by atoms with Crippen LogP contribution in [0.1, 0.15) is 6.92 Å². The first-order valence-corrected chi connectivity index (χ1v) is 6.32. The third-order valence-electron chi connectivity index (χ3n) is 2.53.